The fourth-order valence-electron chi connectivity index (χ4n) is 1.10. The molecule has 0 bridgehead atoms. The van der Waals surface area contributed by atoms with Crippen molar-refractivity contribution < 1.29 is 0 Å². The van der Waals surface area contributed by atoms with Gasteiger partial charge in [-0.15, -0.1) is 0 Å². The molecule has 0 saturated heterocycles. The quantitative estimate of drug-likeness (QED) is 0.832. The van der Waals surface area contributed by atoms with E-state index < -0.39 is 0 Å². The zero-order valence-corrected chi connectivity index (χ0v) is 10.4. The fraction of sp³-hybridized carbons (Fsp3) is 0.111. The molecule has 0 saturated carbocycles. The van der Waals surface area contributed by atoms with Crippen molar-refractivity contribution in [3.8, 4) is 0 Å². The molecule has 2 aromatic rings. The minimum Gasteiger partial charge on any atom is -0.398 e. The Morgan fingerprint density at radius 1 is 1.47 bits per heavy atom. The Labute approximate surface area is 99.8 Å². The van der Waals surface area contributed by atoms with Gasteiger partial charge < -0.3 is 5.73 Å². The summed E-state index contributed by atoms with van der Waals surface area (Å²) >= 11 is 4.98. The molecule has 0 spiro atoms. The van der Waals surface area contributed by atoms with Crippen LogP contribution in [0.2, 0.25) is 0 Å². The van der Waals surface area contributed by atoms with E-state index in [2.05, 4.69) is 31.1 Å². The molecule has 0 unspecified atom stereocenters. The number of halogens is 1. The summed E-state index contributed by atoms with van der Waals surface area (Å²) in [6.45, 7) is 1.98. The SMILES string of the molecule is Cc1cc(Sc2ncn[nH]2)c(Br)cc1N. The Morgan fingerprint density at radius 3 is 2.93 bits per heavy atom. The van der Waals surface area contributed by atoms with Crippen LogP contribution in [0.5, 0.6) is 0 Å². The first kappa shape index (κ1) is 10.5. The van der Waals surface area contributed by atoms with Gasteiger partial charge in [0.15, 0.2) is 5.16 Å². The second-order valence-electron chi connectivity index (χ2n) is 3.03. The molecule has 0 amide bonds. The number of aromatic nitrogens is 3. The summed E-state index contributed by atoms with van der Waals surface area (Å²) in [4.78, 5) is 5.12. The van der Waals surface area contributed by atoms with Crippen LogP contribution in [0.25, 0.3) is 0 Å². The predicted molar refractivity (Wildman–Crippen MR) is 63.8 cm³/mol. The Morgan fingerprint density at radius 2 is 2.27 bits per heavy atom. The molecule has 0 atom stereocenters. The lowest BCUT2D eigenvalue weighted by Crippen LogP contribution is -1.90. The fourth-order valence-corrected chi connectivity index (χ4v) is 2.50. The van der Waals surface area contributed by atoms with Crippen molar-refractivity contribution in [2.75, 3.05) is 5.73 Å². The summed E-state index contributed by atoms with van der Waals surface area (Å²) in [5, 5.41) is 7.35. The molecule has 15 heavy (non-hydrogen) atoms. The van der Waals surface area contributed by atoms with Crippen molar-refractivity contribution >= 4 is 33.4 Å². The van der Waals surface area contributed by atoms with E-state index in [4.69, 9.17) is 5.73 Å². The van der Waals surface area contributed by atoms with E-state index in [1.807, 2.05) is 19.1 Å². The number of anilines is 1. The highest BCUT2D eigenvalue weighted by atomic mass is 79.9. The Balaban J connectivity index is 2.33. The monoisotopic (exact) mass is 284 g/mol. The summed E-state index contributed by atoms with van der Waals surface area (Å²) in [5.74, 6) is 0. The Hall–Kier alpha value is -1.01. The van der Waals surface area contributed by atoms with Crippen molar-refractivity contribution in [2.45, 2.75) is 17.0 Å². The Kier molecular flexibility index (Phi) is 2.97. The maximum atomic E-state index is 5.79. The molecule has 0 aliphatic heterocycles. The van der Waals surface area contributed by atoms with Gasteiger partial charge in [-0.2, -0.15) is 5.10 Å². The van der Waals surface area contributed by atoms with Crippen LogP contribution in [0.4, 0.5) is 5.69 Å². The Bertz CT molecular complexity index is 469. The smallest absolute Gasteiger partial charge is 0.188 e. The molecule has 0 aliphatic carbocycles. The predicted octanol–water partition coefficient (Wildman–Crippen LogP) is 2.61. The molecule has 1 aromatic heterocycles. The summed E-state index contributed by atoms with van der Waals surface area (Å²) in [5.41, 5.74) is 7.62. The molecule has 0 fully saturated rings. The van der Waals surface area contributed by atoms with Gasteiger partial charge in [-0.1, -0.05) is 0 Å². The number of hydrogen-bond acceptors (Lipinski definition) is 4. The second-order valence-corrected chi connectivity index (χ2v) is 4.92. The van der Waals surface area contributed by atoms with E-state index in [0.29, 0.717) is 0 Å². The van der Waals surface area contributed by atoms with Gasteiger partial charge in [0.2, 0.25) is 0 Å². The number of nitrogens with zero attached hydrogens (tertiary/aromatic N) is 2. The lowest BCUT2D eigenvalue weighted by molar-refractivity contribution is 0.972. The molecule has 4 nitrogen and oxygen atoms in total. The molecule has 6 heteroatoms. The van der Waals surface area contributed by atoms with E-state index in [0.717, 1.165) is 25.8 Å². The number of H-pyrrole nitrogens is 1. The minimum atomic E-state index is 0.764. The zero-order chi connectivity index (χ0) is 10.8. The number of aromatic amines is 1. The van der Waals surface area contributed by atoms with Crippen LogP contribution in [0.1, 0.15) is 5.56 Å². The molecule has 78 valence electrons. The minimum absolute atomic E-state index is 0.764. The number of nitrogen functional groups attached to an aromatic ring is 1. The van der Waals surface area contributed by atoms with Crippen molar-refractivity contribution in [1.29, 1.82) is 0 Å². The highest BCUT2D eigenvalue weighted by molar-refractivity contribution is 9.10. The third-order valence-electron chi connectivity index (χ3n) is 1.92. The first-order valence-corrected chi connectivity index (χ1v) is 5.86. The number of nitrogens with one attached hydrogen (secondary N) is 1. The molecule has 1 heterocycles. The molecule has 1 aromatic carbocycles. The number of aryl methyl sites for hydroxylation is 1. The number of benzene rings is 1. The van der Waals surface area contributed by atoms with Crippen molar-refractivity contribution in [3.05, 3.63) is 28.5 Å². The van der Waals surface area contributed by atoms with Crippen LogP contribution in [-0.2, 0) is 0 Å². The normalized spacial score (nSPS) is 10.5. The van der Waals surface area contributed by atoms with E-state index >= 15 is 0 Å². The van der Waals surface area contributed by atoms with Gasteiger partial charge in [0.25, 0.3) is 0 Å². The molecule has 3 N–H and O–H groups in total. The lowest BCUT2D eigenvalue weighted by Gasteiger charge is -2.06. The average Bonchev–Trinajstić information content (AvgIpc) is 2.67. The van der Waals surface area contributed by atoms with Crippen molar-refractivity contribution in [1.82, 2.24) is 15.2 Å². The van der Waals surface area contributed by atoms with Crippen molar-refractivity contribution in [2.24, 2.45) is 0 Å². The lowest BCUT2D eigenvalue weighted by atomic mass is 10.2. The zero-order valence-electron chi connectivity index (χ0n) is 7.99. The van der Waals surface area contributed by atoms with E-state index in [9.17, 15) is 0 Å². The molecular weight excluding hydrogens is 276 g/mol. The molecule has 0 radical (unpaired) electrons. The van der Waals surface area contributed by atoms with Gasteiger partial charge in [-0.3, -0.25) is 5.10 Å². The third-order valence-corrected chi connectivity index (χ3v) is 3.79. The van der Waals surface area contributed by atoms with Gasteiger partial charge in [0, 0.05) is 15.1 Å². The van der Waals surface area contributed by atoms with E-state index in [1.165, 1.54) is 18.1 Å². The first-order valence-electron chi connectivity index (χ1n) is 4.25. The average molecular weight is 285 g/mol. The van der Waals surface area contributed by atoms with E-state index in [1.54, 1.807) is 0 Å². The topological polar surface area (TPSA) is 67.6 Å². The maximum Gasteiger partial charge on any atom is 0.188 e. The molecule has 0 aliphatic rings. The summed E-state index contributed by atoms with van der Waals surface area (Å²) < 4.78 is 0.965. The molecule has 2 rings (SSSR count). The van der Waals surface area contributed by atoms with Gasteiger partial charge in [0.05, 0.1) is 0 Å². The summed E-state index contributed by atoms with van der Waals surface area (Å²) in [6.07, 6.45) is 1.49. The number of nitrogens with two attached hydrogens (primary N) is 1. The van der Waals surface area contributed by atoms with Gasteiger partial charge in [0.1, 0.15) is 6.33 Å². The highest BCUT2D eigenvalue weighted by Crippen LogP contribution is 2.34. The van der Waals surface area contributed by atoms with Crippen molar-refractivity contribution in [3.63, 3.8) is 0 Å². The standard InChI is InChI=1S/C9H9BrN4S/c1-5-2-8(6(10)3-7(5)11)15-9-12-4-13-14-9/h2-4H,11H2,1H3,(H,12,13,14). The summed E-state index contributed by atoms with van der Waals surface area (Å²) in [6, 6.07) is 3.92. The molecular formula is C9H9BrN4S. The number of hydrogen-bond donors (Lipinski definition) is 2. The van der Waals surface area contributed by atoms with Crippen LogP contribution in [0.15, 0.2) is 33.0 Å². The van der Waals surface area contributed by atoms with E-state index in [-0.39, 0.29) is 0 Å². The number of rotatable bonds is 2. The third kappa shape index (κ3) is 2.32. The van der Waals surface area contributed by atoms with Gasteiger partial charge in [-0.25, -0.2) is 4.98 Å². The van der Waals surface area contributed by atoms with Gasteiger partial charge >= 0.3 is 0 Å². The van der Waals surface area contributed by atoms with Crippen LogP contribution in [0.3, 0.4) is 0 Å². The first-order chi connectivity index (χ1) is 7.16. The van der Waals surface area contributed by atoms with Crippen LogP contribution in [0, 0.1) is 6.92 Å². The van der Waals surface area contributed by atoms with Gasteiger partial charge in [-0.05, 0) is 52.3 Å². The maximum absolute atomic E-state index is 5.79. The second kappa shape index (κ2) is 4.24. The van der Waals surface area contributed by atoms with Crippen LogP contribution < -0.4 is 5.73 Å². The largest absolute Gasteiger partial charge is 0.398 e. The van der Waals surface area contributed by atoms with Crippen LogP contribution in [-0.4, -0.2) is 15.2 Å². The highest BCUT2D eigenvalue weighted by Gasteiger charge is 2.06. The summed E-state index contributed by atoms with van der Waals surface area (Å²) in [7, 11) is 0. The van der Waals surface area contributed by atoms with Crippen LogP contribution >= 0.6 is 27.7 Å².